The summed E-state index contributed by atoms with van der Waals surface area (Å²) in [5.74, 6) is 1.17. The molecule has 1 atom stereocenters. The molecule has 0 spiro atoms. The monoisotopic (exact) mass is 362 g/mol. The van der Waals surface area contributed by atoms with Crippen LogP contribution in [0.25, 0.3) is 11.4 Å². The van der Waals surface area contributed by atoms with E-state index in [-0.39, 0.29) is 0 Å². The van der Waals surface area contributed by atoms with E-state index < -0.39 is 11.9 Å². The molecule has 3 heterocycles. The van der Waals surface area contributed by atoms with Crippen LogP contribution in [-0.4, -0.2) is 32.8 Å². The SMILES string of the molecule is COc1ccccc1C1C(C(N)=O)=C(C)Nc2nc(-c3ccncc3)nn21. The minimum atomic E-state index is -0.544. The van der Waals surface area contributed by atoms with Gasteiger partial charge in [0.15, 0.2) is 5.82 Å². The number of benzene rings is 1. The van der Waals surface area contributed by atoms with Crippen molar-refractivity contribution in [2.24, 2.45) is 5.73 Å². The Labute approximate surface area is 155 Å². The Morgan fingerprint density at radius 1 is 1.22 bits per heavy atom. The van der Waals surface area contributed by atoms with Crippen molar-refractivity contribution in [3.63, 3.8) is 0 Å². The maximum absolute atomic E-state index is 12.2. The number of fused-ring (bicyclic) bond motifs is 1. The number of primary amides is 1. The fourth-order valence-corrected chi connectivity index (χ4v) is 3.27. The van der Waals surface area contributed by atoms with Gasteiger partial charge in [0, 0.05) is 29.2 Å². The number of methoxy groups -OCH3 is 1. The summed E-state index contributed by atoms with van der Waals surface area (Å²) in [5.41, 5.74) is 8.36. The molecule has 8 nitrogen and oxygen atoms in total. The van der Waals surface area contributed by atoms with Crippen molar-refractivity contribution in [1.82, 2.24) is 19.7 Å². The van der Waals surface area contributed by atoms with Gasteiger partial charge in [-0.3, -0.25) is 9.78 Å². The molecule has 136 valence electrons. The highest BCUT2D eigenvalue weighted by Gasteiger charge is 2.34. The van der Waals surface area contributed by atoms with E-state index >= 15 is 0 Å². The van der Waals surface area contributed by atoms with Gasteiger partial charge in [-0.25, -0.2) is 4.68 Å². The maximum atomic E-state index is 12.2. The standard InChI is InChI=1S/C19H18N6O2/c1-11-15(17(20)26)16(13-5-3-4-6-14(13)27-2)25-19(22-11)23-18(24-25)12-7-9-21-10-8-12/h3-10,16H,1-2H3,(H2,20,26)(H,22,23,24). The normalized spacial score (nSPS) is 15.9. The molecule has 4 rings (SSSR count). The first-order chi connectivity index (χ1) is 13.1. The van der Waals surface area contributed by atoms with Crippen molar-refractivity contribution in [3.8, 4) is 17.1 Å². The van der Waals surface area contributed by atoms with Gasteiger partial charge < -0.3 is 15.8 Å². The number of nitrogens with two attached hydrogens (primary N) is 1. The zero-order chi connectivity index (χ0) is 19.0. The number of nitrogens with one attached hydrogen (secondary N) is 1. The van der Waals surface area contributed by atoms with Crippen LogP contribution in [-0.2, 0) is 4.79 Å². The van der Waals surface area contributed by atoms with Crippen molar-refractivity contribution < 1.29 is 9.53 Å². The Hall–Kier alpha value is -3.68. The molecule has 3 aromatic rings. The highest BCUT2D eigenvalue weighted by Crippen LogP contribution is 2.39. The van der Waals surface area contributed by atoms with Gasteiger partial charge >= 0.3 is 0 Å². The molecule has 1 unspecified atom stereocenters. The topological polar surface area (TPSA) is 108 Å². The number of aromatic nitrogens is 4. The molecule has 0 saturated heterocycles. The lowest BCUT2D eigenvalue weighted by molar-refractivity contribution is -0.115. The summed E-state index contributed by atoms with van der Waals surface area (Å²) in [5, 5.41) is 7.77. The van der Waals surface area contributed by atoms with E-state index in [0.717, 1.165) is 11.1 Å². The third-order valence-electron chi connectivity index (χ3n) is 4.49. The maximum Gasteiger partial charge on any atom is 0.248 e. The fourth-order valence-electron chi connectivity index (χ4n) is 3.27. The number of hydrogen-bond acceptors (Lipinski definition) is 6. The van der Waals surface area contributed by atoms with Gasteiger partial charge in [0.25, 0.3) is 0 Å². The molecule has 0 saturated carbocycles. The number of amides is 1. The Morgan fingerprint density at radius 3 is 2.67 bits per heavy atom. The molecule has 8 heteroatoms. The predicted molar refractivity (Wildman–Crippen MR) is 99.9 cm³/mol. The smallest absolute Gasteiger partial charge is 0.248 e. The molecular formula is C19H18N6O2. The summed E-state index contributed by atoms with van der Waals surface area (Å²) < 4.78 is 7.17. The van der Waals surface area contributed by atoms with E-state index in [9.17, 15) is 4.79 Å². The van der Waals surface area contributed by atoms with E-state index in [1.807, 2.05) is 36.4 Å². The zero-order valence-electron chi connectivity index (χ0n) is 14.9. The average molecular weight is 362 g/mol. The highest BCUT2D eigenvalue weighted by atomic mass is 16.5. The number of rotatable bonds is 4. The van der Waals surface area contributed by atoms with Gasteiger partial charge in [-0.05, 0) is 25.1 Å². The number of ether oxygens (including phenoxy) is 1. The summed E-state index contributed by atoms with van der Waals surface area (Å²) in [6.45, 7) is 1.80. The number of carbonyl (C=O) groups excluding carboxylic acids is 1. The Morgan fingerprint density at radius 2 is 1.96 bits per heavy atom. The largest absolute Gasteiger partial charge is 0.496 e. The van der Waals surface area contributed by atoms with Crippen LogP contribution in [0.2, 0.25) is 0 Å². The van der Waals surface area contributed by atoms with Crippen molar-refractivity contribution in [2.45, 2.75) is 13.0 Å². The average Bonchev–Trinajstić information content (AvgIpc) is 3.11. The Bertz CT molecular complexity index is 1040. The second-order valence-electron chi connectivity index (χ2n) is 6.11. The van der Waals surface area contributed by atoms with Crippen LogP contribution in [0.4, 0.5) is 5.95 Å². The van der Waals surface area contributed by atoms with Crippen LogP contribution < -0.4 is 15.8 Å². The summed E-state index contributed by atoms with van der Waals surface area (Å²) in [6.07, 6.45) is 3.36. The van der Waals surface area contributed by atoms with E-state index in [1.54, 1.807) is 31.1 Å². The van der Waals surface area contributed by atoms with Crippen molar-refractivity contribution in [1.29, 1.82) is 0 Å². The quantitative estimate of drug-likeness (QED) is 0.736. The van der Waals surface area contributed by atoms with Gasteiger partial charge in [0.1, 0.15) is 11.8 Å². The Kier molecular flexibility index (Phi) is 4.08. The Balaban J connectivity index is 1.92. The third-order valence-corrected chi connectivity index (χ3v) is 4.49. The number of anilines is 1. The fraction of sp³-hybridized carbons (Fsp3) is 0.158. The molecule has 1 aliphatic heterocycles. The molecule has 0 aliphatic carbocycles. The minimum absolute atomic E-state index is 0.415. The van der Waals surface area contributed by atoms with Crippen LogP contribution in [0.3, 0.4) is 0 Å². The molecule has 0 fully saturated rings. The minimum Gasteiger partial charge on any atom is -0.496 e. The van der Waals surface area contributed by atoms with Gasteiger partial charge in [-0.1, -0.05) is 18.2 Å². The number of para-hydroxylation sites is 1. The molecule has 0 bridgehead atoms. The summed E-state index contributed by atoms with van der Waals surface area (Å²) in [4.78, 5) is 20.9. The lowest BCUT2D eigenvalue weighted by atomic mass is 9.94. The summed E-state index contributed by atoms with van der Waals surface area (Å²) in [6, 6.07) is 10.6. The van der Waals surface area contributed by atoms with Crippen LogP contribution in [0.5, 0.6) is 5.75 Å². The van der Waals surface area contributed by atoms with Gasteiger partial charge in [0.2, 0.25) is 11.9 Å². The molecule has 27 heavy (non-hydrogen) atoms. The zero-order valence-corrected chi connectivity index (χ0v) is 14.9. The van der Waals surface area contributed by atoms with Gasteiger partial charge in [-0.2, -0.15) is 4.98 Å². The second kappa shape index (κ2) is 6.56. The van der Waals surface area contributed by atoms with E-state index in [1.165, 1.54) is 0 Å². The van der Waals surface area contributed by atoms with E-state index in [2.05, 4.69) is 20.4 Å². The molecular weight excluding hydrogens is 344 g/mol. The highest BCUT2D eigenvalue weighted by molar-refractivity contribution is 5.95. The third kappa shape index (κ3) is 2.80. The van der Waals surface area contributed by atoms with Crippen LogP contribution in [0, 0.1) is 0 Å². The molecule has 1 aliphatic rings. The number of nitrogens with zero attached hydrogens (tertiary/aromatic N) is 4. The number of allylic oxidation sites excluding steroid dienone is 1. The number of hydrogen-bond donors (Lipinski definition) is 2. The van der Waals surface area contributed by atoms with Crippen molar-refractivity contribution >= 4 is 11.9 Å². The van der Waals surface area contributed by atoms with Crippen LogP contribution in [0.15, 0.2) is 60.1 Å². The second-order valence-corrected chi connectivity index (χ2v) is 6.11. The van der Waals surface area contributed by atoms with Gasteiger partial charge in [0.05, 0.1) is 12.7 Å². The van der Waals surface area contributed by atoms with E-state index in [0.29, 0.717) is 28.8 Å². The molecule has 0 radical (unpaired) electrons. The lowest BCUT2D eigenvalue weighted by Gasteiger charge is -2.28. The number of pyridine rings is 1. The first-order valence-electron chi connectivity index (χ1n) is 8.37. The van der Waals surface area contributed by atoms with E-state index in [4.69, 9.17) is 10.5 Å². The first-order valence-corrected chi connectivity index (χ1v) is 8.37. The number of carbonyl (C=O) groups is 1. The lowest BCUT2D eigenvalue weighted by Crippen LogP contribution is -2.32. The summed E-state index contributed by atoms with van der Waals surface area (Å²) in [7, 11) is 1.59. The predicted octanol–water partition coefficient (Wildman–Crippen LogP) is 2.12. The molecule has 1 aromatic carbocycles. The van der Waals surface area contributed by atoms with Crippen molar-refractivity contribution in [2.75, 3.05) is 12.4 Å². The molecule has 1 amide bonds. The summed E-state index contributed by atoms with van der Waals surface area (Å²) >= 11 is 0. The van der Waals surface area contributed by atoms with Gasteiger partial charge in [-0.15, -0.1) is 5.10 Å². The van der Waals surface area contributed by atoms with Crippen molar-refractivity contribution in [3.05, 3.63) is 65.6 Å². The molecule has 3 N–H and O–H groups in total. The first kappa shape index (κ1) is 16.8. The van der Waals surface area contributed by atoms with Crippen LogP contribution >= 0.6 is 0 Å². The van der Waals surface area contributed by atoms with Crippen LogP contribution in [0.1, 0.15) is 18.5 Å². The molecule has 2 aromatic heterocycles.